The van der Waals surface area contributed by atoms with E-state index in [-0.39, 0.29) is 24.9 Å². The molecule has 6 nitrogen and oxygen atoms in total. The summed E-state index contributed by atoms with van der Waals surface area (Å²) < 4.78 is 34.1. The summed E-state index contributed by atoms with van der Waals surface area (Å²) in [5.74, 6) is 0.858. The molecule has 4 rings (SSSR count). The van der Waals surface area contributed by atoms with Crippen molar-refractivity contribution >= 4 is 26.9 Å². The van der Waals surface area contributed by atoms with E-state index in [9.17, 15) is 13.2 Å². The van der Waals surface area contributed by atoms with E-state index in [1.54, 1.807) is 11.8 Å². The molecule has 7 heteroatoms. The third kappa shape index (κ3) is 3.38. The number of nitrogens with zero attached hydrogens (tertiary/aromatic N) is 1. The van der Waals surface area contributed by atoms with Gasteiger partial charge in [-0.15, -0.1) is 0 Å². The number of carbonyl (C=O) groups excluding carboxylic acids is 1. The zero-order valence-corrected chi connectivity index (χ0v) is 16.6. The predicted molar refractivity (Wildman–Crippen MR) is 104 cm³/mol. The van der Waals surface area contributed by atoms with Crippen molar-refractivity contribution in [1.29, 1.82) is 0 Å². The Labute approximate surface area is 160 Å². The van der Waals surface area contributed by atoms with Crippen molar-refractivity contribution in [2.75, 3.05) is 13.1 Å². The molecule has 1 atom stereocenters. The highest BCUT2D eigenvalue weighted by molar-refractivity contribution is 7.90. The average molecular weight is 391 g/mol. The van der Waals surface area contributed by atoms with E-state index in [1.807, 2.05) is 31.2 Å². The standard InChI is InChI=1S/C20H26N2O4S/c1-13-17-9-5-6-10-18(17)26-19(13)14(2)21-27(24,25)16-11-22(12-16)20(23)15-7-3-4-8-15/h5-6,9-10,14-16,21H,3-4,7-8,11-12H2,1-2H3. The Morgan fingerprint density at radius 2 is 1.89 bits per heavy atom. The van der Waals surface area contributed by atoms with Gasteiger partial charge >= 0.3 is 0 Å². The molecule has 0 bridgehead atoms. The summed E-state index contributed by atoms with van der Waals surface area (Å²) in [6.45, 7) is 4.31. The molecule has 2 fully saturated rings. The third-order valence-corrected chi connectivity index (χ3v) is 7.78. The lowest BCUT2D eigenvalue weighted by atomic mass is 10.0. The molecule has 1 saturated carbocycles. The first-order valence-corrected chi connectivity index (χ1v) is 11.2. The highest BCUT2D eigenvalue weighted by Gasteiger charge is 2.42. The van der Waals surface area contributed by atoms with Crippen molar-refractivity contribution in [3.63, 3.8) is 0 Å². The van der Waals surface area contributed by atoms with Crippen molar-refractivity contribution in [3.05, 3.63) is 35.6 Å². The van der Waals surface area contributed by atoms with Gasteiger partial charge in [-0.05, 0) is 32.8 Å². The van der Waals surface area contributed by atoms with Crippen LogP contribution >= 0.6 is 0 Å². The lowest BCUT2D eigenvalue weighted by molar-refractivity contribution is -0.138. The number of fused-ring (bicyclic) bond motifs is 1. The molecule has 0 radical (unpaired) electrons. The van der Waals surface area contributed by atoms with Gasteiger partial charge in [0.2, 0.25) is 15.9 Å². The molecule has 146 valence electrons. The number of amides is 1. The van der Waals surface area contributed by atoms with Gasteiger partial charge in [0, 0.05) is 30.0 Å². The van der Waals surface area contributed by atoms with E-state index >= 15 is 0 Å². The van der Waals surface area contributed by atoms with Crippen LogP contribution in [0.5, 0.6) is 0 Å². The van der Waals surface area contributed by atoms with E-state index in [1.165, 1.54) is 0 Å². The minimum atomic E-state index is -3.52. The monoisotopic (exact) mass is 390 g/mol. The SMILES string of the molecule is Cc1c(C(C)NS(=O)(=O)C2CN(C(=O)C3CCCC3)C2)oc2ccccc12. The molecular weight excluding hydrogens is 364 g/mol. The highest BCUT2D eigenvalue weighted by atomic mass is 32.2. The van der Waals surface area contributed by atoms with Crippen LogP contribution in [0.3, 0.4) is 0 Å². The summed E-state index contributed by atoms with van der Waals surface area (Å²) in [6.07, 6.45) is 4.07. The number of hydrogen-bond acceptors (Lipinski definition) is 4. The van der Waals surface area contributed by atoms with Gasteiger partial charge < -0.3 is 9.32 Å². The molecule has 1 aliphatic heterocycles. The summed E-state index contributed by atoms with van der Waals surface area (Å²) in [4.78, 5) is 14.1. The van der Waals surface area contributed by atoms with E-state index in [0.29, 0.717) is 5.76 Å². The first kappa shape index (κ1) is 18.5. The second kappa shape index (κ2) is 6.95. The maximum atomic E-state index is 12.7. The van der Waals surface area contributed by atoms with Crippen LogP contribution in [0.25, 0.3) is 11.0 Å². The van der Waals surface area contributed by atoms with Crippen LogP contribution in [0, 0.1) is 12.8 Å². The van der Waals surface area contributed by atoms with E-state index in [4.69, 9.17) is 4.42 Å². The Kier molecular flexibility index (Phi) is 4.76. The average Bonchev–Trinajstić information content (AvgIpc) is 3.21. The molecule has 2 heterocycles. The fraction of sp³-hybridized carbons (Fsp3) is 0.550. The van der Waals surface area contributed by atoms with Gasteiger partial charge in [0.05, 0.1) is 6.04 Å². The fourth-order valence-electron chi connectivity index (χ4n) is 4.25. The van der Waals surface area contributed by atoms with Crippen LogP contribution in [0.4, 0.5) is 0 Å². The van der Waals surface area contributed by atoms with Crippen molar-refractivity contribution < 1.29 is 17.6 Å². The normalized spacial score (nSPS) is 20.1. The number of carbonyl (C=O) groups is 1. The zero-order chi connectivity index (χ0) is 19.2. The highest BCUT2D eigenvalue weighted by Crippen LogP contribution is 2.31. The Morgan fingerprint density at radius 3 is 2.56 bits per heavy atom. The molecule has 2 aliphatic rings. The Balaban J connectivity index is 1.41. The zero-order valence-electron chi connectivity index (χ0n) is 15.8. The lowest BCUT2D eigenvalue weighted by Crippen LogP contribution is -2.60. The van der Waals surface area contributed by atoms with E-state index < -0.39 is 21.3 Å². The molecule has 1 N–H and O–H groups in total. The fourth-order valence-corrected chi connectivity index (χ4v) is 5.79. The van der Waals surface area contributed by atoms with Crippen molar-refractivity contribution in [3.8, 4) is 0 Å². The second-order valence-corrected chi connectivity index (χ2v) is 9.81. The molecule has 0 spiro atoms. The van der Waals surface area contributed by atoms with Gasteiger partial charge in [-0.3, -0.25) is 4.79 Å². The quantitative estimate of drug-likeness (QED) is 0.851. The third-order valence-electron chi connectivity index (χ3n) is 5.92. The number of furan rings is 1. The van der Waals surface area contributed by atoms with Crippen LogP contribution in [-0.2, 0) is 14.8 Å². The number of hydrogen-bond donors (Lipinski definition) is 1. The van der Waals surface area contributed by atoms with Crippen molar-refractivity contribution in [1.82, 2.24) is 9.62 Å². The van der Waals surface area contributed by atoms with Crippen LogP contribution in [0.2, 0.25) is 0 Å². The van der Waals surface area contributed by atoms with Gasteiger partial charge in [0.15, 0.2) is 0 Å². The molecule has 1 unspecified atom stereocenters. The molecule has 2 aromatic rings. The second-order valence-electron chi connectivity index (χ2n) is 7.82. The smallest absolute Gasteiger partial charge is 0.225 e. The molecule has 27 heavy (non-hydrogen) atoms. The Hall–Kier alpha value is -1.86. The number of benzene rings is 1. The lowest BCUT2D eigenvalue weighted by Gasteiger charge is -2.40. The molecular formula is C20H26N2O4S. The molecule has 1 amide bonds. The maximum Gasteiger partial charge on any atom is 0.225 e. The van der Waals surface area contributed by atoms with Crippen LogP contribution in [0.1, 0.15) is 50.0 Å². The van der Waals surface area contributed by atoms with Gasteiger partial charge in [-0.1, -0.05) is 31.0 Å². The number of sulfonamides is 1. The Morgan fingerprint density at radius 1 is 1.22 bits per heavy atom. The van der Waals surface area contributed by atoms with Gasteiger partial charge in [-0.25, -0.2) is 13.1 Å². The summed E-state index contributed by atoms with van der Waals surface area (Å²) in [6, 6.07) is 7.23. The number of para-hydroxylation sites is 1. The minimum Gasteiger partial charge on any atom is -0.459 e. The van der Waals surface area contributed by atoms with Crippen LogP contribution in [-0.4, -0.2) is 37.6 Å². The topological polar surface area (TPSA) is 79.6 Å². The summed E-state index contributed by atoms with van der Waals surface area (Å²) >= 11 is 0. The van der Waals surface area contributed by atoms with Crippen molar-refractivity contribution in [2.24, 2.45) is 5.92 Å². The predicted octanol–water partition coefficient (Wildman–Crippen LogP) is 3.12. The van der Waals surface area contributed by atoms with Gasteiger partial charge in [-0.2, -0.15) is 0 Å². The maximum absolute atomic E-state index is 12.7. The largest absolute Gasteiger partial charge is 0.459 e. The Bertz CT molecular complexity index is 954. The molecule has 1 saturated heterocycles. The first-order chi connectivity index (χ1) is 12.9. The summed E-state index contributed by atoms with van der Waals surface area (Å²) in [5.41, 5.74) is 1.71. The number of rotatable bonds is 5. The first-order valence-electron chi connectivity index (χ1n) is 9.65. The molecule has 1 aliphatic carbocycles. The molecule has 1 aromatic carbocycles. The number of nitrogens with one attached hydrogen (secondary N) is 1. The van der Waals surface area contributed by atoms with Gasteiger partial charge in [0.25, 0.3) is 0 Å². The summed E-state index contributed by atoms with van der Waals surface area (Å²) in [7, 11) is -3.52. The van der Waals surface area contributed by atoms with E-state index in [0.717, 1.165) is 42.2 Å². The minimum absolute atomic E-state index is 0.0961. The van der Waals surface area contributed by atoms with Crippen LogP contribution < -0.4 is 4.72 Å². The van der Waals surface area contributed by atoms with Crippen LogP contribution in [0.15, 0.2) is 28.7 Å². The number of likely N-dealkylation sites (tertiary alicyclic amines) is 1. The van der Waals surface area contributed by atoms with Gasteiger partial charge in [0.1, 0.15) is 16.6 Å². The van der Waals surface area contributed by atoms with E-state index in [2.05, 4.69) is 4.72 Å². The van der Waals surface area contributed by atoms with Crippen molar-refractivity contribution in [2.45, 2.75) is 50.8 Å². The summed E-state index contributed by atoms with van der Waals surface area (Å²) in [5, 5.41) is 0.450. The molecule has 1 aromatic heterocycles. The number of aryl methyl sites for hydroxylation is 1.